The molecular weight excluding hydrogens is 299 g/mol. The maximum Gasteiger partial charge on any atom is 0.246 e. The second kappa shape index (κ2) is 6.50. The van der Waals surface area contributed by atoms with Gasteiger partial charge in [-0.15, -0.1) is 0 Å². The maximum atomic E-state index is 13.6. The summed E-state index contributed by atoms with van der Waals surface area (Å²) in [5.74, 6) is -1.15. The zero-order valence-corrected chi connectivity index (χ0v) is 12.5. The number of benzene rings is 1. The molecule has 116 valence electrons. The molecule has 0 bridgehead atoms. The van der Waals surface area contributed by atoms with Crippen molar-refractivity contribution < 1.29 is 22.3 Å². The normalized spacial score (nSPS) is 16.2. The molecule has 0 N–H and O–H groups in total. The fourth-order valence-corrected chi connectivity index (χ4v) is 3.19. The van der Waals surface area contributed by atoms with Crippen LogP contribution in [0.15, 0.2) is 29.2 Å². The van der Waals surface area contributed by atoms with Crippen LogP contribution in [0.1, 0.15) is 0 Å². The van der Waals surface area contributed by atoms with Gasteiger partial charge >= 0.3 is 0 Å². The molecule has 1 heterocycles. The minimum atomic E-state index is -4.02. The average Bonchev–Trinajstić information content (AvgIpc) is 2.48. The molecule has 1 aromatic carbocycles. The van der Waals surface area contributed by atoms with Gasteiger partial charge in [-0.05, 0) is 12.1 Å². The second-order valence-corrected chi connectivity index (χ2v) is 6.70. The minimum Gasteiger partial charge on any atom is -0.378 e. The minimum absolute atomic E-state index is 0.319. The molecule has 1 fully saturated rings. The van der Waals surface area contributed by atoms with Crippen molar-refractivity contribution in [3.8, 4) is 0 Å². The first-order valence-corrected chi connectivity index (χ1v) is 7.93. The number of halogens is 1. The van der Waals surface area contributed by atoms with Crippen LogP contribution in [0.25, 0.3) is 0 Å². The van der Waals surface area contributed by atoms with Gasteiger partial charge in [0.25, 0.3) is 0 Å². The Morgan fingerprint density at radius 1 is 1.33 bits per heavy atom. The predicted molar refractivity (Wildman–Crippen MR) is 73.6 cm³/mol. The van der Waals surface area contributed by atoms with Gasteiger partial charge in [0, 0.05) is 20.1 Å². The summed E-state index contributed by atoms with van der Waals surface area (Å²) >= 11 is 0. The van der Waals surface area contributed by atoms with Crippen LogP contribution in [0.4, 0.5) is 4.39 Å². The van der Waals surface area contributed by atoms with Gasteiger partial charge in [-0.3, -0.25) is 4.79 Å². The van der Waals surface area contributed by atoms with E-state index in [4.69, 9.17) is 4.74 Å². The van der Waals surface area contributed by atoms with Gasteiger partial charge < -0.3 is 9.64 Å². The topological polar surface area (TPSA) is 66.9 Å². The summed E-state index contributed by atoms with van der Waals surface area (Å²) in [4.78, 5) is 13.2. The zero-order chi connectivity index (χ0) is 15.5. The van der Waals surface area contributed by atoms with Crippen molar-refractivity contribution in [1.29, 1.82) is 0 Å². The highest BCUT2D eigenvalue weighted by Crippen LogP contribution is 2.17. The van der Waals surface area contributed by atoms with E-state index in [-0.39, 0.29) is 12.5 Å². The van der Waals surface area contributed by atoms with Crippen molar-refractivity contribution in [2.45, 2.75) is 4.90 Å². The molecule has 0 radical (unpaired) electrons. The molecule has 1 aromatic rings. The Hall–Kier alpha value is -1.51. The highest BCUT2D eigenvalue weighted by molar-refractivity contribution is 7.89. The van der Waals surface area contributed by atoms with Gasteiger partial charge in [0.1, 0.15) is 10.7 Å². The Morgan fingerprint density at radius 2 is 1.95 bits per heavy atom. The monoisotopic (exact) mass is 316 g/mol. The van der Waals surface area contributed by atoms with E-state index in [1.54, 1.807) is 0 Å². The molecule has 0 unspecified atom stereocenters. The number of hydrogen-bond acceptors (Lipinski definition) is 4. The van der Waals surface area contributed by atoms with E-state index in [1.165, 1.54) is 30.1 Å². The van der Waals surface area contributed by atoms with Gasteiger partial charge in [0.2, 0.25) is 15.9 Å². The van der Waals surface area contributed by atoms with Crippen molar-refractivity contribution in [2.75, 3.05) is 39.9 Å². The van der Waals surface area contributed by atoms with Crippen molar-refractivity contribution in [3.63, 3.8) is 0 Å². The van der Waals surface area contributed by atoms with Crippen LogP contribution < -0.4 is 0 Å². The molecule has 1 aliphatic heterocycles. The summed E-state index contributed by atoms with van der Waals surface area (Å²) in [5.41, 5.74) is 0. The van der Waals surface area contributed by atoms with Gasteiger partial charge in [-0.25, -0.2) is 12.8 Å². The summed E-state index contributed by atoms with van der Waals surface area (Å²) in [5, 5.41) is 0. The molecule has 0 atom stereocenters. The van der Waals surface area contributed by atoms with E-state index < -0.39 is 20.7 Å². The molecule has 0 saturated carbocycles. The van der Waals surface area contributed by atoms with Crippen LogP contribution in [0, 0.1) is 5.82 Å². The van der Waals surface area contributed by atoms with E-state index >= 15 is 0 Å². The number of rotatable bonds is 4. The van der Waals surface area contributed by atoms with Crippen LogP contribution >= 0.6 is 0 Å². The van der Waals surface area contributed by atoms with Crippen LogP contribution in [-0.2, 0) is 19.6 Å². The van der Waals surface area contributed by atoms with E-state index in [9.17, 15) is 17.6 Å². The number of likely N-dealkylation sites (N-methyl/N-ethyl adjacent to an activating group) is 1. The molecule has 8 heteroatoms. The van der Waals surface area contributed by atoms with E-state index in [0.717, 1.165) is 10.4 Å². The number of morpholine rings is 1. The van der Waals surface area contributed by atoms with E-state index in [2.05, 4.69) is 0 Å². The molecular formula is C13H17FN2O4S. The lowest BCUT2D eigenvalue weighted by Crippen LogP contribution is -2.46. The molecule has 6 nitrogen and oxygen atoms in total. The smallest absolute Gasteiger partial charge is 0.246 e. The van der Waals surface area contributed by atoms with Crippen LogP contribution in [0.3, 0.4) is 0 Å². The van der Waals surface area contributed by atoms with Crippen molar-refractivity contribution in [2.24, 2.45) is 0 Å². The van der Waals surface area contributed by atoms with Gasteiger partial charge in [-0.2, -0.15) is 4.31 Å². The quantitative estimate of drug-likeness (QED) is 0.801. The summed E-state index contributed by atoms with van der Waals surface area (Å²) < 4.78 is 44.1. The summed E-state index contributed by atoms with van der Waals surface area (Å²) in [6, 6.07) is 5.10. The number of sulfonamides is 1. The summed E-state index contributed by atoms with van der Waals surface area (Å²) in [6.07, 6.45) is 0. The molecule has 1 amide bonds. The van der Waals surface area contributed by atoms with Gasteiger partial charge in [-0.1, -0.05) is 12.1 Å². The van der Waals surface area contributed by atoms with Gasteiger partial charge in [0.15, 0.2) is 0 Å². The van der Waals surface area contributed by atoms with Gasteiger partial charge in [0.05, 0.1) is 19.8 Å². The third kappa shape index (κ3) is 3.58. The fourth-order valence-electron chi connectivity index (χ4n) is 2.01. The third-order valence-corrected chi connectivity index (χ3v) is 5.08. The number of hydrogen-bond donors (Lipinski definition) is 0. The van der Waals surface area contributed by atoms with Crippen molar-refractivity contribution >= 4 is 15.9 Å². The Balaban J connectivity index is 2.10. The Bertz CT molecular complexity index is 614. The number of carbonyl (C=O) groups is 1. The summed E-state index contributed by atoms with van der Waals surface area (Å²) in [6.45, 7) is 1.43. The molecule has 1 aliphatic rings. The number of amides is 1. The van der Waals surface area contributed by atoms with Crippen molar-refractivity contribution in [3.05, 3.63) is 30.1 Å². The largest absolute Gasteiger partial charge is 0.378 e. The third-order valence-electron chi connectivity index (χ3n) is 3.25. The molecule has 0 aliphatic carbocycles. The number of nitrogens with zero attached hydrogens (tertiary/aromatic N) is 2. The number of carbonyl (C=O) groups excluding carboxylic acids is 1. The molecule has 0 aromatic heterocycles. The Morgan fingerprint density at radius 3 is 2.57 bits per heavy atom. The number of ether oxygens (including phenoxy) is 1. The first-order valence-electron chi connectivity index (χ1n) is 6.49. The zero-order valence-electron chi connectivity index (χ0n) is 11.7. The second-order valence-electron chi connectivity index (χ2n) is 4.68. The van der Waals surface area contributed by atoms with Crippen LogP contribution in [-0.4, -0.2) is 63.4 Å². The fraction of sp³-hybridized carbons (Fsp3) is 0.462. The molecule has 2 rings (SSSR count). The molecule has 0 spiro atoms. The lowest BCUT2D eigenvalue weighted by Gasteiger charge is -2.28. The Kier molecular flexibility index (Phi) is 4.92. The Labute approximate surface area is 123 Å². The van der Waals surface area contributed by atoms with Crippen LogP contribution in [0.2, 0.25) is 0 Å². The maximum absolute atomic E-state index is 13.6. The highest BCUT2D eigenvalue weighted by Gasteiger charge is 2.27. The molecule has 1 saturated heterocycles. The van der Waals surface area contributed by atoms with E-state index in [0.29, 0.717) is 26.3 Å². The lowest BCUT2D eigenvalue weighted by atomic mass is 10.3. The standard InChI is InChI=1S/C13H17FN2O4S/c1-15(10-13(17)16-6-8-20-9-7-16)21(18,19)12-5-3-2-4-11(12)14/h2-5H,6-10H2,1H3. The predicted octanol–water partition coefficient (Wildman–Crippen LogP) is 0.305. The SMILES string of the molecule is CN(CC(=O)N1CCOCC1)S(=O)(=O)c1ccccc1F. The van der Waals surface area contributed by atoms with Crippen molar-refractivity contribution in [1.82, 2.24) is 9.21 Å². The highest BCUT2D eigenvalue weighted by atomic mass is 32.2. The first kappa shape index (κ1) is 15.9. The molecule has 21 heavy (non-hydrogen) atoms. The average molecular weight is 316 g/mol. The summed E-state index contributed by atoms with van der Waals surface area (Å²) in [7, 11) is -2.76. The van der Waals surface area contributed by atoms with E-state index in [1.807, 2.05) is 0 Å². The lowest BCUT2D eigenvalue weighted by molar-refractivity contribution is -0.135. The first-order chi connectivity index (χ1) is 9.93. The van der Waals surface area contributed by atoms with Crippen LogP contribution in [0.5, 0.6) is 0 Å².